The zero-order valence-corrected chi connectivity index (χ0v) is 16.0. The van der Waals surface area contributed by atoms with Crippen LogP contribution >= 0.6 is 28.3 Å². The third-order valence-corrected chi connectivity index (χ3v) is 5.22. The van der Waals surface area contributed by atoms with Crippen molar-refractivity contribution in [2.75, 3.05) is 39.5 Å². The smallest absolute Gasteiger partial charge is 0.239 e. The van der Waals surface area contributed by atoms with Gasteiger partial charge in [-0.1, -0.05) is 28.1 Å². The lowest BCUT2D eigenvalue weighted by Gasteiger charge is -2.38. The van der Waals surface area contributed by atoms with E-state index >= 15 is 0 Å². The van der Waals surface area contributed by atoms with Crippen LogP contribution in [-0.2, 0) is 19.7 Å². The van der Waals surface area contributed by atoms with Gasteiger partial charge in [-0.2, -0.15) is 0 Å². The molecular weight excluding hydrogens is 396 g/mol. The highest BCUT2D eigenvalue weighted by Crippen LogP contribution is 2.35. The molecule has 1 amide bonds. The van der Waals surface area contributed by atoms with Crippen molar-refractivity contribution in [3.05, 3.63) is 34.3 Å². The number of morpholine rings is 1. The van der Waals surface area contributed by atoms with Crippen LogP contribution in [0.5, 0.6) is 0 Å². The molecule has 3 rings (SSSR count). The van der Waals surface area contributed by atoms with Gasteiger partial charge in [0.15, 0.2) is 0 Å². The van der Waals surface area contributed by atoms with Crippen LogP contribution in [0.25, 0.3) is 0 Å². The van der Waals surface area contributed by atoms with Crippen LogP contribution in [0.3, 0.4) is 0 Å². The lowest BCUT2D eigenvalue weighted by Crippen LogP contribution is -2.54. The normalized spacial score (nSPS) is 23.1. The second-order valence-corrected chi connectivity index (χ2v) is 7.12. The zero-order chi connectivity index (χ0) is 16.1. The molecule has 134 valence electrons. The van der Waals surface area contributed by atoms with Crippen molar-refractivity contribution in [3.63, 3.8) is 0 Å². The molecule has 2 heterocycles. The molecule has 2 saturated heterocycles. The van der Waals surface area contributed by atoms with E-state index in [9.17, 15) is 4.79 Å². The van der Waals surface area contributed by atoms with E-state index in [4.69, 9.17) is 9.47 Å². The van der Waals surface area contributed by atoms with E-state index in [1.54, 1.807) is 0 Å². The number of benzene rings is 1. The Morgan fingerprint density at radius 1 is 1.29 bits per heavy atom. The Bertz CT molecular complexity index is 546. The Balaban J connectivity index is 0.00000208. The minimum absolute atomic E-state index is 0. The summed E-state index contributed by atoms with van der Waals surface area (Å²) in [4.78, 5) is 12.4. The van der Waals surface area contributed by atoms with Crippen LogP contribution in [0.15, 0.2) is 28.7 Å². The van der Waals surface area contributed by atoms with Gasteiger partial charge in [0.1, 0.15) is 6.04 Å². The first-order valence-electron chi connectivity index (χ1n) is 8.12. The fourth-order valence-corrected chi connectivity index (χ4v) is 3.66. The maximum Gasteiger partial charge on any atom is 0.239 e. The second kappa shape index (κ2) is 9.15. The monoisotopic (exact) mass is 418 g/mol. The molecular formula is C17H24BrClN2O3. The first kappa shape index (κ1) is 19.7. The quantitative estimate of drug-likeness (QED) is 0.784. The Morgan fingerprint density at radius 3 is 2.75 bits per heavy atom. The second-order valence-electron chi connectivity index (χ2n) is 6.20. The molecule has 1 aromatic rings. The highest BCUT2D eigenvalue weighted by molar-refractivity contribution is 9.10. The predicted octanol–water partition coefficient (Wildman–Crippen LogP) is 2.02. The van der Waals surface area contributed by atoms with Crippen LogP contribution in [0.4, 0.5) is 0 Å². The summed E-state index contributed by atoms with van der Waals surface area (Å²) < 4.78 is 12.0. The summed E-state index contributed by atoms with van der Waals surface area (Å²) in [7, 11) is 0. The van der Waals surface area contributed by atoms with E-state index in [0.717, 1.165) is 37.1 Å². The van der Waals surface area contributed by atoms with Gasteiger partial charge in [-0.3, -0.25) is 4.79 Å². The fourth-order valence-electron chi connectivity index (χ4n) is 3.26. The summed E-state index contributed by atoms with van der Waals surface area (Å²) in [6, 6.07) is 8.12. The zero-order valence-electron chi connectivity index (χ0n) is 13.6. The van der Waals surface area contributed by atoms with E-state index in [1.807, 2.05) is 6.07 Å². The topological polar surface area (TPSA) is 59.6 Å². The maximum absolute atomic E-state index is 12.4. The van der Waals surface area contributed by atoms with Crippen molar-refractivity contribution in [1.29, 1.82) is 0 Å². The van der Waals surface area contributed by atoms with Crippen molar-refractivity contribution in [2.24, 2.45) is 0 Å². The number of amides is 1. The molecule has 2 aliphatic heterocycles. The average molecular weight is 420 g/mol. The molecule has 2 fully saturated rings. The first-order valence-corrected chi connectivity index (χ1v) is 8.92. The van der Waals surface area contributed by atoms with E-state index in [-0.39, 0.29) is 29.8 Å². The van der Waals surface area contributed by atoms with E-state index in [0.29, 0.717) is 19.8 Å². The molecule has 1 aromatic carbocycles. The Kier molecular flexibility index (Phi) is 7.50. The van der Waals surface area contributed by atoms with Crippen molar-refractivity contribution >= 4 is 34.2 Å². The highest BCUT2D eigenvalue weighted by Gasteiger charge is 2.35. The van der Waals surface area contributed by atoms with Gasteiger partial charge < -0.3 is 20.1 Å². The molecule has 0 bridgehead atoms. The lowest BCUT2D eigenvalue weighted by molar-refractivity contribution is -0.126. The van der Waals surface area contributed by atoms with Crippen molar-refractivity contribution in [3.8, 4) is 0 Å². The number of halogens is 2. The molecule has 5 nitrogen and oxygen atoms in total. The Labute approximate surface area is 157 Å². The molecule has 0 saturated carbocycles. The van der Waals surface area contributed by atoms with Gasteiger partial charge in [0.25, 0.3) is 0 Å². The number of rotatable bonds is 4. The van der Waals surface area contributed by atoms with Crippen LogP contribution in [0, 0.1) is 0 Å². The molecule has 1 unspecified atom stereocenters. The lowest BCUT2D eigenvalue weighted by atomic mass is 9.74. The van der Waals surface area contributed by atoms with Gasteiger partial charge in [0.2, 0.25) is 5.91 Å². The maximum atomic E-state index is 12.4. The van der Waals surface area contributed by atoms with Crippen molar-refractivity contribution in [1.82, 2.24) is 10.6 Å². The molecule has 0 aliphatic carbocycles. The molecule has 0 spiro atoms. The van der Waals surface area contributed by atoms with E-state index in [1.165, 1.54) is 5.56 Å². The number of hydrogen-bond donors (Lipinski definition) is 2. The van der Waals surface area contributed by atoms with Crippen LogP contribution < -0.4 is 10.6 Å². The summed E-state index contributed by atoms with van der Waals surface area (Å²) >= 11 is 3.55. The largest absolute Gasteiger partial charge is 0.381 e. The summed E-state index contributed by atoms with van der Waals surface area (Å²) in [6.07, 6.45) is 1.83. The number of hydrogen-bond acceptors (Lipinski definition) is 4. The van der Waals surface area contributed by atoms with Crippen LogP contribution in [-0.4, -0.2) is 51.5 Å². The van der Waals surface area contributed by atoms with Gasteiger partial charge in [0.05, 0.1) is 13.2 Å². The number of nitrogens with one attached hydrogen (secondary N) is 2. The predicted molar refractivity (Wildman–Crippen MR) is 98.7 cm³/mol. The Morgan fingerprint density at radius 2 is 2.08 bits per heavy atom. The molecule has 2 N–H and O–H groups in total. The first-order chi connectivity index (χ1) is 11.2. The third-order valence-electron chi connectivity index (χ3n) is 4.73. The van der Waals surface area contributed by atoms with Gasteiger partial charge in [0, 0.05) is 36.2 Å². The molecule has 7 heteroatoms. The molecule has 2 aliphatic rings. The van der Waals surface area contributed by atoms with Gasteiger partial charge in [-0.25, -0.2) is 0 Å². The molecule has 0 radical (unpaired) electrons. The average Bonchev–Trinajstić information content (AvgIpc) is 2.61. The minimum Gasteiger partial charge on any atom is -0.381 e. The van der Waals surface area contributed by atoms with Gasteiger partial charge in [-0.05, 0) is 30.5 Å². The SMILES string of the molecule is Cl.O=C(NCC1(c2cccc(Br)c2)CCOCC1)C1COCCN1. The highest BCUT2D eigenvalue weighted by atomic mass is 79.9. The summed E-state index contributed by atoms with van der Waals surface area (Å²) in [5.41, 5.74) is 1.19. The van der Waals surface area contributed by atoms with Crippen molar-refractivity contribution in [2.45, 2.75) is 24.3 Å². The Hall–Kier alpha value is -0.660. The number of carbonyl (C=O) groups excluding carboxylic acids is 1. The summed E-state index contributed by atoms with van der Waals surface area (Å²) in [5.74, 6) is 0.0190. The van der Waals surface area contributed by atoms with Gasteiger partial charge >= 0.3 is 0 Å². The standard InChI is InChI=1S/C17H23BrN2O3.ClH/c18-14-3-1-2-13(10-14)17(4-7-22-8-5-17)12-20-16(21)15-11-23-9-6-19-15;/h1-3,10,15,19H,4-9,11-12H2,(H,20,21);1H. The van der Waals surface area contributed by atoms with Crippen molar-refractivity contribution < 1.29 is 14.3 Å². The third kappa shape index (κ3) is 4.70. The minimum atomic E-state index is -0.247. The summed E-state index contributed by atoms with van der Waals surface area (Å²) in [6.45, 7) is 3.93. The molecule has 24 heavy (non-hydrogen) atoms. The van der Waals surface area contributed by atoms with Crippen LogP contribution in [0.1, 0.15) is 18.4 Å². The molecule has 1 atom stereocenters. The van der Waals surface area contributed by atoms with E-state index in [2.05, 4.69) is 44.8 Å². The fraction of sp³-hybridized carbons (Fsp3) is 0.588. The van der Waals surface area contributed by atoms with Gasteiger partial charge in [-0.15, -0.1) is 12.4 Å². The van der Waals surface area contributed by atoms with Crippen LogP contribution in [0.2, 0.25) is 0 Å². The van der Waals surface area contributed by atoms with E-state index < -0.39 is 0 Å². The number of ether oxygens (including phenoxy) is 2. The number of carbonyl (C=O) groups is 1. The molecule has 0 aromatic heterocycles. The summed E-state index contributed by atoms with van der Waals surface area (Å²) in [5, 5.41) is 6.33.